The number of amides is 1. The van der Waals surface area contributed by atoms with Crippen LogP contribution in [-0.2, 0) is 17.6 Å². The van der Waals surface area contributed by atoms with Crippen molar-refractivity contribution in [2.24, 2.45) is 5.10 Å². The summed E-state index contributed by atoms with van der Waals surface area (Å²) < 4.78 is 0. The van der Waals surface area contributed by atoms with Gasteiger partial charge in [0, 0.05) is 23.8 Å². The molecule has 1 aromatic heterocycles. The molecule has 0 radical (unpaired) electrons. The molecular formula is C26H29N5O. The summed E-state index contributed by atoms with van der Waals surface area (Å²) in [5.41, 5.74) is 11.2. The van der Waals surface area contributed by atoms with Gasteiger partial charge < -0.3 is 11.1 Å². The van der Waals surface area contributed by atoms with Crippen LogP contribution in [0.15, 0.2) is 89.8 Å². The van der Waals surface area contributed by atoms with Crippen molar-refractivity contribution in [2.45, 2.75) is 33.6 Å². The lowest BCUT2D eigenvalue weighted by atomic mass is 10.1. The molecule has 4 rings (SSSR count). The first kappa shape index (κ1) is 22.7. The minimum absolute atomic E-state index is 0.178. The van der Waals surface area contributed by atoms with Crippen molar-refractivity contribution in [3.63, 3.8) is 0 Å². The van der Waals surface area contributed by atoms with Crippen molar-refractivity contribution in [3.8, 4) is 0 Å². The molecule has 1 amide bonds. The van der Waals surface area contributed by atoms with Gasteiger partial charge in [-0.3, -0.25) is 4.79 Å². The minimum atomic E-state index is -0.178. The number of aryl methyl sites for hydroxylation is 2. The van der Waals surface area contributed by atoms with Crippen molar-refractivity contribution in [2.75, 3.05) is 16.1 Å². The summed E-state index contributed by atoms with van der Waals surface area (Å²) in [5, 5.41) is 8.86. The molecule has 2 heterocycles. The van der Waals surface area contributed by atoms with Gasteiger partial charge in [0.2, 0.25) is 0 Å². The molecule has 2 aromatic carbocycles. The number of rotatable bonds is 5. The Morgan fingerprint density at radius 1 is 0.938 bits per heavy atom. The number of aromatic nitrogens is 1. The number of para-hydroxylation sites is 2. The van der Waals surface area contributed by atoms with Crippen LogP contribution >= 0.6 is 0 Å². The topological polar surface area (TPSA) is 83.6 Å². The number of benzene rings is 2. The average Bonchev–Trinajstić information content (AvgIpc) is 3.12. The molecule has 164 valence electrons. The van der Waals surface area contributed by atoms with Gasteiger partial charge in [-0.25, -0.2) is 4.98 Å². The molecule has 0 fully saturated rings. The molecule has 1 aliphatic rings. The van der Waals surface area contributed by atoms with E-state index in [2.05, 4.69) is 41.4 Å². The van der Waals surface area contributed by atoms with Crippen LogP contribution in [0.2, 0.25) is 0 Å². The number of pyridine rings is 1. The van der Waals surface area contributed by atoms with E-state index in [0.717, 1.165) is 24.2 Å². The summed E-state index contributed by atoms with van der Waals surface area (Å²) in [6.45, 7) is 6.02. The molecule has 3 aromatic rings. The van der Waals surface area contributed by atoms with Gasteiger partial charge in [0.1, 0.15) is 0 Å². The highest BCUT2D eigenvalue weighted by atomic mass is 16.2. The zero-order valence-electron chi connectivity index (χ0n) is 18.7. The van der Waals surface area contributed by atoms with E-state index in [1.54, 1.807) is 24.5 Å². The number of anilines is 3. The zero-order valence-corrected chi connectivity index (χ0v) is 18.7. The van der Waals surface area contributed by atoms with Gasteiger partial charge in [-0.15, -0.1) is 0 Å². The molecule has 6 heteroatoms. The number of nitrogen functional groups attached to an aromatic ring is 1. The fraction of sp³-hybridized carbons (Fsp3) is 0.192. The number of carbonyl (C=O) groups is 1. The van der Waals surface area contributed by atoms with Crippen LogP contribution in [0.1, 0.15) is 31.9 Å². The predicted molar refractivity (Wildman–Crippen MR) is 133 cm³/mol. The fourth-order valence-electron chi connectivity index (χ4n) is 3.29. The van der Waals surface area contributed by atoms with E-state index in [0.29, 0.717) is 17.1 Å². The van der Waals surface area contributed by atoms with Gasteiger partial charge in [0.25, 0.3) is 5.91 Å². The third kappa shape index (κ3) is 5.40. The molecule has 0 spiro atoms. The Kier molecular flexibility index (Phi) is 7.75. The third-order valence-corrected chi connectivity index (χ3v) is 5.14. The Labute approximate surface area is 189 Å². The molecule has 0 saturated heterocycles. The maximum Gasteiger partial charge on any atom is 0.283 e. The zero-order chi connectivity index (χ0) is 22.9. The summed E-state index contributed by atoms with van der Waals surface area (Å²) in [6, 6.07) is 21.4. The van der Waals surface area contributed by atoms with E-state index in [9.17, 15) is 4.79 Å². The van der Waals surface area contributed by atoms with Crippen LogP contribution in [0.3, 0.4) is 0 Å². The van der Waals surface area contributed by atoms with Crippen molar-refractivity contribution < 1.29 is 4.79 Å². The summed E-state index contributed by atoms with van der Waals surface area (Å²) >= 11 is 0. The first-order valence-electron chi connectivity index (χ1n) is 10.7. The van der Waals surface area contributed by atoms with E-state index >= 15 is 0 Å². The Bertz CT molecular complexity index is 1120. The van der Waals surface area contributed by atoms with Crippen LogP contribution in [0.4, 0.5) is 17.2 Å². The first-order valence-corrected chi connectivity index (χ1v) is 10.7. The molecule has 32 heavy (non-hydrogen) atoms. The standard InChI is InChI=1S/C18H18N4O.C8H11N/c1-3-14-8-4-5-9-16(14)20-12-15-13(2)21-22(18(15)23)17-10-6-7-11-19-17;1-2-7-5-3-4-6-8(7)9/h4-12,20H,3H2,1-2H3;3-6H,2,9H2,1H3/b15-12-;. The Morgan fingerprint density at radius 3 is 2.22 bits per heavy atom. The normalized spacial score (nSPS) is 14.1. The van der Waals surface area contributed by atoms with Crippen LogP contribution < -0.4 is 16.1 Å². The van der Waals surface area contributed by atoms with Gasteiger partial charge in [-0.05, 0) is 55.2 Å². The SMILES string of the molecule is CCc1ccccc1N.CCc1ccccc1N/C=C1\C(=O)N(c2ccccn2)N=C1C. The fourth-order valence-corrected chi connectivity index (χ4v) is 3.29. The van der Waals surface area contributed by atoms with Crippen molar-refractivity contribution in [1.29, 1.82) is 0 Å². The average molecular weight is 428 g/mol. The summed E-state index contributed by atoms with van der Waals surface area (Å²) in [6.07, 6.45) is 5.31. The van der Waals surface area contributed by atoms with Crippen LogP contribution in [0, 0.1) is 0 Å². The summed E-state index contributed by atoms with van der Waals surface area (Å²) in [7, 11) is 0. The molecule has 0 aliphatic carbocycles. The van der Waals surface area contributed by atoms with Gasteiger partial charge >= 0.3 is 0 Å². The van der Waals surface area contributed by atoms with Gasteiger partial charge in [-0.2, -0.15) is 10.1 Å². The number of hydrogen-bond acceptors (Lipinski definition) is 5. The highest BCUT2D eigenvalue weighted by molar-refractivity contribution is 6.29. The van der Waals surface area contributed by atoms with E-state index in [1.807, 2.05) is 49.4 Å². The molecule has 0 atom stereocenters. The molecule has 1 aliphatic heterocycles. The maximum absolute atomic E-state index is 12.6. The van der Waals surface area contributed by atoms with Crippen molar-refractivity contribution >= 4 is 28.8 Å². The highest BCUT2D eigenvalue weighted by Gasteiger charge is 2.29. The lowest BCUT2D eigenvalue weighted by Gasteiger charge is -2.10. The lowest BCUT2D eigenvalue weighted by Crippen LogP contribution is -2.22. The second-order valence-corrected chi connectivity index (χ2v) is 7.26. The number of nitrogens with one attached hydrogen (secondary N) is 1. The third-order valence-electron chi connectivity index (χ3n) is 5.14. The summed E-state index contributed by atoms with van der Waals surface area (Å²) in [5.74, 6) is 0.344. The summed E-state index contributed by atoms with van der Waals surface area (Å²) in [4.78, 5) is 16.7. The Morgan fingerprint density at radius 2 is 1.59 bits per heavy atom. The maximum atomic E-state index is 12.6. The van der Waals surface area contributed by atoms with Gasteiger partial charge in [0.15, 0.2) is 5.82 Å². The number of carbonyl (C=O) groups excluding carboxylic acids is 1. The largest absolute Gasteiger partial charge is 0.399 e. The van der Waals surface area contributed by atoms with E-state index in [4.69, 9.17) is 5.73 Å². The molecule has 6 nitrogen and oxygen atoms in total. The number of hydrogen-bond donors (Lipinski definition) is 2. The van der Waals surface area contributed by atoms with E-state index in [-0.39, 0.29) is 5.91 Å². The number of nitrogens with zero attached hydrogens (tertiary/aromatic N) is 3. The molecule has 0 saturated carbocycles. The first-order chi connectivity index (χ1) is 15.5. The molecular weight excluding hydrogens is 398 g/mol. The van der Waals surface area contributed by atoms with Gasteiger partial charge in [0.05, 0.1) is 11.3 Å². The lowest BCUT2D eigenvalue weighted by molar-refractivity contribution is -0.114. The van der Waals surface area contributed by atoms with Crippen LogP contribution in [0.25, 0.3) is 0 Å². The predicted octanol–water partition coefficient (Wildman–Crippen LogP) is 5.19. The number of nitrogens with two attached hydrogens (primary N) is 1. The van der Waals surface area contributed by atoms with E-state index in [1.165, 1.54) is 16.1 Å². The monoisotopic (exact) mass is 427 g/mol. The van der Waals surface area contributed by atoms with Crippen LogP contribution in [-0.4, -0.2) is 16.6 Å². The molecule has 0 unspecified atom stereocenters. The van der Waals surface area contributed by atoms with Crippen molar-refractivity contribution in [3.05, 3.63) is 95.8 Å². The minimum Gasteiger partial charge on any atom is -0.399 e. The highest BCUT2D eigenvalue weighted by Crippen LogP contribution is 2.22. The van der Waals surface area contributed by atoms with Gasteiger partial charge in [-0.1, -0.05) is 56.3 Å². The Balaban J connectivity index is 0.000000269. The van der Waals surface area contributed by atoms with Crippen molar-refractivity contribution in [1.82, 2.24) is 4.98 Å². The van der Waals surface area contributed by atoms with Crippen LogP contribution in [0.5, 0.6) is 0 Å². The number of hydrazone groups is 1. The van der Waals surface area contributed by atoms with E-state index < -0.39 is 0 Å². The molecule has 3 N–H and O–H groups in total. The Hall–Kier alpha value is -3.93. The second-order valence-electron chi connectivity index (χ2n) is 7.26. The second kappa shape index (κ2) is 10.9. The smallest absolute Gasteiger partial charge is 0.283 e. The molecule has 0 bridgehead atoms. The quantitative estimate of drug-likeness (QED) is 0.433.